The molecular weight excluding hydrogens is 424 g/mol. The maximum absolute atomic E-state index is 12.7. The van der Waals surface area contributed by atoms with E-state index in [1.165, 1.54) is 29.0 Å². The fourth-order valence-corrected chi connectivity index (χ4v) is 3.94. The SMILES string of the molecule is CN(CC(=O)c1ccc(O)c(O)c1)C(=O)CN1C(=O)/C(=C/c2ccccc2)SC1=S. The average Bonchev–Trinajstić information content (AvgIpc) is 2.98. The van der Waals surface area contributed by atoms with E-state index in [2.05, 4.69) is 0 Å². The first-order valence-electron chi connectivity index (χ1n) is 8.86. The first-order chi connectivity index (χ1) is 14.3. The molecule has 7 nitrogen and oxygen atoms in total. The molecule has 0 aliphatic carbocycles. The number of carbonyl (C=O) groups excluding carboxylic acids is 3. The molecule has 9 heteroatoms. The Morgan fingerprint density at radius 2 is 1.83 bits per heavy atom. The second kappa shape index (κ2) is 9.10. The summed E-state index contributed by atoms with van der Waals surface area (Å²) in [5, 5.41) is 18.9. The van der Waals surface area contributed by atoms with Crippen LogP contribution in [0.1, 0.15) is 15.9 Å². The molecule has 1 heterocycles. The summed E-state index contributed by atoms with van der Waals surface area (Å²) in [6.45, 7) is -0.529. The monoisotopic (exact) mass is 442 g/mol. The number of rotatable bonds is 6. The van der Waals surface area contributed by atoms with Crippen LogP contribution in [0.4, 0.5) is 0 Å². The third-order valence-corrected chi connectivity index (χ3v) is 5.75. The predicted octanol–water partition coefficient (Wildman–Crippen LogP) is 2.64. The lowest BCUT2D eigenvalue weighted by atomic mass is 10.1. The van der Waals surface area contributed by atoms with Crippen LogP contribution in [0.5, 0.6) is 11.5 Å². The van der Waals surface area contributed by atoms with Crippen LogP contribution in [0, 0.1) is 0 Å². The van der Waals surface area contributed by atoms with E-state index < -0.39 is 17.4 Å². The Morgan fingerprint density at radius 3 is 2.50 bits per heavy atom. The summed E-state index contributed by atoms with van der Waals surface area (Å²) in [6.07, 6.45) is 1.72. The second-order valence-corrected chi connectivity index (χ2v) is 8.23. The summed E-state index contributed by atoms with van der Waals surface area (Å²) < 4.78 is 0.277. The number of ketones is 1. The smallest absolute Gasteiger partial charge is 0.266 e. The molecule has 2 aromatic carbocycles. The van der Waals surface area contributed by atoms with Gasteiger partial charge in [0.15, 0.2) is 17.3 Å². The number of likely N-dealkylation sites (N-methyl/N-ethyl adjacent to an activating group) is 1. The zero-order valence-corrected chi connectivity index (χ0v) is 17.6. The van der Waals surface area contributed by atoms with Gasteiger partial charge in [0.1, 0.15) is 10.9 Å². The number of phenols is 2. The van der Waals surface area contributed by atoms with Crippen LogP contribution in [-0.4, -0.2) is 62.1 Å². The van der Waals surface area contributed by atoms with Gasteiger partial charge in [-0.1, -0.05) is 54.3 Å². The number of hydrogen-bond donors (Lipinski definition) is 2. The van der Waals surface area contributed by atoms with Crippen molar-refractivity contribution in [2.45, 2.75) is 0 Å². The molecule has 1 aliphatic heterocycles. The normalized spacial score (nSPS) is 15.0. The Kier molecular flexibility index (Phi) is 6.53. The van der Waals surface area contributed by atoms with Crippen molar-refractivity contribution >= 4 is 52.0 Å². The van der Waals surface area contributed by atoms with Gasteiger partial charge in [0.05, 0.1) is 11.4 Å². The molecule has 2 N–H and O–H groups in total. The van der Waals surface area contributed by atoms with Gasteiger partial charge in [-0.25, -0.2) is 0 Å². The van der Waals surface area contributed by atoms with Gasteiger partial charge < -0.3 is 15.1 Å². The Hall–Kier alpha value is -3.17. The van der Waals surface area contributed by atoms with E-state index in [0.29, 0.717) is 4.91 Å². The van der Waals surface area contributed by atoms with Crippen LogP contribution in [0.25, 0.3) is 6.08 Å². The highest BCUT2D eigenvalue weighted by Gasteiger charge is 2.34. The van der Waals surface area contributed by atoms with Gasteiger partial charge in [0.25, 0.3) is 5.91 Å². The van der Waals surface area contributed by atoms with E-state index in [9.17, 15) is 24.6 Å². The first kappa shape index (κ1) is 21.5. The molecule has 0 saturated carbocycles. The number of thioether (sulfide) groups is 1. The van der Waals surface area contributed by atoms with E-state index in [1.54, 1.807) is 6.08 Å². The maximum atomic E-state index is 12.7. The quantitative estimate of drug-likeness (QED) is 0.307. The van der Waals surface area contributed by atoms with Crippen LogP contribution in [0.3, 0.4) is 0 Å². The Bertz CT molecular complexity index is 1050. The highest BCUT2D eigenvalue weighted by Crippen LogP contribution is 2.32. The summed E-state index contributed by atoms with van der Waals surface area (Å²) in [6, 6.07) is 13.0. The number of benzene rings is 2. The van der Waals surface area contributed by atoms with Crippen LogP contribution < -0.4 is 0 Å². The molecule has 0 radical (unpaired) electrons. The van der Waals surface area contributed by atoms with Crippen molar-refractivity contribution in [3.05, 3.63) is 64.6 Å². The molecule has 3 rings (SSSR count). The summed E-state index contributed by atoms with van der Waals surface area (Å²) in [4.78, 5) is 40.4. The van der Waals surface area contributed by atoms with Crippen molar-refractivity contribution in [1.29, 1.82) is 0 Å². The second-order valence-electron chi connectivity index (χ2n) is 6.56. The average molecular weight is 443 g/mol. The predicted molar refractivity (Wildman–Crippen MR) is 118 cm³/mol. The largest absolute Gasteiger partial charge is 0.504 e. The van der Waals surface area contributed by atoms with Crippen molar-refractivity contribution in [2.75, 3.05) is 20.1 Å². The van der Waals surface area contributed by atoms with Gasteiger partial charge in [0.2, 0.25) is 5.91 Å². The fraction of sp³-hybridized carbons (Fsp3) is 0.143. The van der Waals surface area contributed by atoms with Gasteiger partial charge in [-0.3, -0.25) is 19.3 Å². The van der Waals surface area contributed by atoms with Crippen LogP contribution >= 0.6 is 24.0 Å². The van der Waals surface area contributed by atoms with Gasteiger partial charge in [-0.05, 0) is 29.8 Å². The molecule has 0 atom stereocenters. The molecule has 1 saturated heterocycles. The van der Waals surface area contributed by atoms with Gasteiger partial charge in [-0.15, -0.1) is 0 Å². The van der Waals surface area contributed by atoms with Crippen molar-refractivity contribution in [1.82, 2.24) is 9.80 Å². The van der Waals surface area contributed by atoms with E-state index in [-0.39, 0.29) is 34.6 Å². The lowest BCUT2D eigenvalue weighted by Crippen LogP contribution is -2.42. The van der Waals surface area contributed by atoms with Gasteiger partial charge in [0, 0.05) is 12.6 Å². The minimum absolute atomic E-state index is 0.154. The summed E-state index contributed by atoms with van der Waals surface area (Å²) in [5.41, 5.74) is 1.01. The van der Waals surface area contributed by atoms with Crippen LogP contribution in [-0.2, 0) is 9.59 Å². The standard InChI is InChI=1S/C21H18N2O5S2/c1-22(11-17(26)14-7-8-15(24)16(25)10-14)19(27)12-23-20(28)18(30-21(23)29)9-13-5-3-2-4-6-13/h2-10,24-25H,11-12H2,1H3/b18-9-. The van der Waals surface area contributed by atoms with E-state index in [4.69, 9.17) is 12.2 Å². The number of aromatic hydroxyl groups is 2. The molecule has 0 aromatic heterocycles. The molecule has 0 unspecified atom stereocenters. The number of phenolic OH excluding ortho intramolecular Hbond substituents is 2. The van der Waals surface area contributed by atoms with E-state index in [0.717, 1.165) is 23.4 Å². The van der Waals surface area contributed by atoms with E-state index >= 15 is 0 Å². The highest BCUT2D eigenvalue weighted by atomic mass is 32.2. The van der Waals surface area contributed by atoms with Crippen molar-refractivity contribution in [3.8, 4) is 11.5 Å². The number of Topliss-reactive ketones (excluding diaryl/α,β-unsaturated/α-hetero) is 1. The lowest BCUT2D eigenvalue weighted by Gasteiger charge is -2.20. The highest BCUT2D eigenvalue weighted by molar-refractivity contribution is 8.26. The number of hydrogen-bond acceptors (Lipinski definition) is 7. The maximum Gasteiger partial charge on any atom is 0.266 e. The summed E-state index contributed by atoms with van der Waals surface area (Å²) in [7, 11) is 1.44. The number of carbonyl (C=O) groups is 3. The zero-order valence-electron chi connectivity index (χ0n) is 15.9. The third-order valence-electron chi connectivity index (χ3n) is 4.37. The first-order valence-corrected chi connectivity index (χ1v) is 10.1. The molecule has 30 heavy (non-hydrogen) atoms. The fourth-order valence-electron chi connectivity index (χ4n) is 2.68. The molecule has 0 spiro atoms. The Balaban J connectivity index is 1.64. The lowest BCUT2D eigenvalue weighted by molar-refractivity contribution is -0.134. The zero-order chi connectivity index (χ0) is 21.8. The Labute approximate surface area is 182 Å². The molecular formula is C21H18N2O5S2. The number of amides is 2. The molecule has 1 aliphatic rings. The van der Waals surface area contributed by atoms with Crippen LogP contribution in [0.15, 0.2) is 53.4 Å². The Morgan fingerprint density at radius 1 is 1.13 bits per heavy atom. The molecule has 1 fully saturated rings. The molecule has 2 aromatic rings. The summed E-state index contributed by atoms with van der Waals surface area (Å²) in [5.74, 6) is -1.99. The molecule has 0 bridgehead atoms. The van der Waals surface area contributed by atoms with E-state index in [1.807, 2.05) is 30.3 Å². The molecule has 2 amide bonds. The van der Waals surface area contributed by atoms with Gasteiger partial charge in [-0.2, -0.15) is 0 Å². The van der Waals surface area contributed by atoms with Crippen LogP contribution in [0.2, 0.25) is 0 Å². The van der Waals surface area contributed by atoms with Crippen molar-refractivity contribution in [3.63, 3.8) is 0 Å². The van der Waals surface area contributed by atoms with Crippen molar-refractivity contribution in [2.24, 2.45) is 0 Å². The summed E-state index contributed by atoms with van der Waals surface area (Å²) >= 11 is 6.37. The third kappa shape index (κ3) is 4.87. The number of nitrogens with zero attached hydrogens (tertiary/aromatic N) is 2. The molecule has 154 valence electrons. The number of thiocarbonyl (C=S) groups is 1. The minimum atomic E-state index is -0.455. The van der Waals surface area contributed by atoms with Gasteiger partial charge >= 0.3 is 0 Å². The minimum Gasteiger partial charge on any atom is -0.504 e. The van der Waals surface area contributed by atoms with Crippen molar-refractivity contribution < 1.29 is 24.6 Å². The topological polar surface area (TPSA) is 98.2 Å².